The van der Waals surface area contributed by atoms with E-state index in [0.29, 0.717) is 11.1 Å². The Labute approximate surface area is 144 Å². The van der Waals surface area contributed by atoms with Crippen molar-refractivity contribution in [1.29, 1.82) is 0 Å². The van der Waals surface area contributed by atoms with Crippen molar-refractivity contribution in [2.24, 2.45) is 0 Å². The highest BCUT2D eigenvalue weighted by Gasteiger charge is 2.39. The van der Waals surface area contributed by atoms with Crippen molar-refractivity contribution in [3.63, 3.8) is 0 Å². The van der Waals surface area contributed by atoms with Crippen LogP contribution in [0.3, 0.4) is 0 Å². The van der Waals surface area contributed by atoms with E-state index in [4.69, 9.17) is 7.57 Å². The average molecular weight is 333 g/mol. The molecule has 0 amide bonds. The Morgan fingerprint density at radius 2 is 0.917 bits per heavy atom. The van der Waals surface area contributed by atoms with Gasteiger partial charge in [-0.05, 0) is 12.1 Å². The molecule has 3 aromatic carbocycles. The van der Waals surface area contributed by atoms with Crippen LogP contribution in [-0.4, -0.2) is 17.8 Å². The van der Waals surface area contributed by atoms with Gasteiger partial charge in [0.2, 0.25) is 0 Å². The Hall–Kier alpha value is -1.93. The number of aliphatic hydroxyl groups is 2. The quantitative estimate of drug-likeness (QED) is 0.551. The molecule has 0 fully saturated rings. The molecule has 0 bridgehead atoms. The van der Waals surface area contributed by atoms with E-state index in [0.717, 1.165) is 5.30 Å². The summed E-state index contributed by atoms with van der Waals surface area (Å²) in [5, 5.41) is 23.0. The molecule has 2 N–H and O–H groups in total. The van der Waals surface area contributed by atoms with Gasteiger partial charge >= 0.3 is 0 Å². The zero-order chi connectivity index (χ0) is 17.0. The average Bonchev–Trinajstić information content (AvgIpc) is 2.68. The first-order chi connectivity index (χ1) is 11.6. The van der Waals surface area contributed by atoms with Gasteiger partial charge in [-0.25, -0.2) is 0 Å². The molecule has 0 heterocycles. The van der Waals surface area contributed by atoms with Crippen LogP contribution in [0.15, 0.2) is 91.0 Å². The lowest BCUT2D eigenvalue weighted by atomic mass is 10.2. The Bertz CT molecular complexity index is 720. The standard InChI is InChI=1S/C20H19BO2P/c21-24(18-14-8-3-9-15-18,19(22)16-10-4-1-5-11-16)20(23)17-12-6-2-7-13-17/h1-15,19-20,22-23H. The molecular formula is C20H19BO2P. The lowest BCUT2D eigenvalue weighted by Gasteiger charge is -2.44. The van der Waals surface area contributed by atoms with Crippen LogP contribution >= 0.6 is 7.14 Å². The molecule has 0 aliphatic rings. The zero-order valence-electron chi connectivity index (χ0n) is 13.2. The van der Waals surface area contributed by atoms with Crippen LogP contribution in [-0.2, 0) is 0 Å². The van der Waals surface area contributed by atoms with Crippen LogP contribution < -0.4 is 5.30 Å². The normalized spacial score (nSPS) is 16.1. The summed E-state index contributed by atoms with van der Waals surface area (Å²) in [6, 6.07) is 28.0. The van der Waals surface area contributed by atoms with Gasteiger partial charge in [-0.15, -0.1) is 7.14 Å². The molecule has 0 aromatic heterocycles. The maximum Gasteiger partial charge on any atom is 0.149 e. The van der Waals surface area contributed by atoms with E-state index in [9.17, 15) is 10.2 Å². The molecule has 0 spiro atoms. The summed E-state index contributed by atoms with van der Waals surface area (Å²) in [5.41, 5.74) is 1.43. The molecule has 0 aliphatic heterocycles. The molecular weight excluding hydrogens is 314 g/mol. The highest BCUT2D eigenvalue weighted by Crippen LogP contribution is 2.71. The van der Waals surface area contributed by atoms with Crippen molar-refractivity contribution < 1.29 is 10.2 Å². The van der Waals surface area contributed by atoms with Crippen molar-refractivity contribution in [3.8, 4) is 0 Å². The molecule has 3 rings (SSSR count). The summed E-state index contributed by atoms with van der Waals surface area (Å²) in [7, 11) is 3.95. The van der Waals surface area contributed by atoms with Gasteiger partial charge in [0.15, 0.2) is 0 Å². The molecule has 0 aliphatic carbocycles. The smallest absolute Gasteiger partial charge is 0.149 e. The van der Waals surface area contributed by atoms with Crippen molar-refractivity contribution in [3.05, 3.63) is 102 Å². The maximum atomic E-state index is 11.1. The number of rotatable bonds is 5. The molecule has 2 unspecified atom stereocenters. The first kappa shape index (κ1) is 16.9. The third kappa shape index (κ3) is 3.16. The van der Waals surface area contributed by atoms with Crippen LogP contribution in [0.5, 0.6) is 0 Å². The molecule has 119 valence electrons. The van der Waals surface area contributed by atoms with Gasteiger partial charge in [0.05, 0.1) is 0 Å². The van der Waals surface area contributed by atoms with E-state index < -0.39 is 18.8 Å². The van der Waals surface area contributed by atoms with Crippen LogP contribution in [0, 0.1) is 0 Å². The predicted octanol–water partition coefficient (Wildman–Crippen LogP) is 3.80. The second kappa shape index (κ2) is 7.31. The number of hydrogen-bond acceptors (Lipinski definition) is 2. The van der Waals surface area contributed by atoms with Gasteiger partial charge in [0.1, 0.15) is 11.7 Å². The Kier molecular flexibility index (Phi) is 5.16. The predicted molar refractivity (Wildman–Crippen MR) is 102 cm³/mol. The monoisotopic (exact) mass is 333 g/mol. The number of benzene rings is 3. The van der Waals surface area contributed by atoms with Gasteiger partial charge in [0, 0.05) is 16.4 Å². The topological polar surface area (TPSA) is 40.5 Å². The van der Waals surface area contributed by atoms with E-state index in [1.165, 1.54) is 0 Å². The van der Waals surface area contributed by atoms with E-state index >= 15 is 0 Å². The summed E-state index contributed by atoms with van der Waals surface area (Å²) in [4.78, 5) is 0. The van der Waals surface area contributed by atoms with E-state index in [1.54, 1.807) is 0 Å². The fourth-order valence-corrected chi connectivity index (χ4v) is 5.70. The minimum absolute atomic E-state index is 0.715. The van der Waals surface area contributed by atoms with Gasteiger partial charge in [-0.2, -0.15) is 0 Å². The third-order valence-electron chi connectivity index (χ3n) is 4.21. The maximum absolute atomic E-state index is 11.1. The molecule has 2 nitrogen and oxygen atoms in total. The molecule has 2 atom stereocenters. The van der Waals surface area contributed by atoms with Crippen LogP contribution in [0.2, 0.25) is 0 Å². The van der Waals surface area contributed by atoms with Crippen LogP contribution in [0.1, 0.15) is 22.8 Å². The molecule has 24 heavy (non-hydrogen) atoms. The summed E-state index contributed by atoms with van der Waals surface area (Å²) in [6.45, 7) is 0. The summed E-state index contributed by atoms with van der Waals surface area (Å²) in [5.74, 6) is -1.90. The van der Waals surface area contributed by atoms with Crippen molar-refractivity contribution >= 4 is 20.0 Å². The molecule has 0 saturated carbocycles. The molecule has 3 radical (unpaired) electrons. The van der Waals surface area contributed by atoms with Crippen molar-refractivity contribution in [2.75, 3.05) is 0 Å². The third-order valence-corrected chi connectivity index (χ3v) is 7.62. The summed E-state index contributed by atoms with van der Waals surface area (Å²) in [6.07, 6.45) is 0. The van der Waals surface area contributed by atoms with Gasteiger partial charge in [0.25, 0.3) is 0 Å². The van der Waals surface area contributed by atoms with E-state index in [2.05, 4.69) is 0 Å². The SMILES string of the molecule is [B-][P+](c1ccccc1)(C(O)c1ccccc1)C(O)c1ccccc1. The van der Waals surface area contributed by atoms with Gasteiger partial charge in [-0.1, -0.05) is 78.9 Å². The van der Waals surface area contributed by atoms with Gasteiger partial charge < -0.3 is 10.2 Å². The van der Waals surface area contributed by atoms with E-state index in [1.807, 2.05) is 91.0 Å². The van der Waals surface area contributed by atoms with E-state index in [-0.39, 0.29) is 0 Å². The highest BCUT2D eigenvalue weighted by atomic mass is 31.2. The Morgan fingerprint density at radius 1 is 0.583 bits per heavy atom. The first-order valence-electron chi connectivity index (χ1n) is 7.82. The molecule has 3 aromatic rings. The lowest BCUT2D eigenvalue weighted by Crippen LogP contribution is -2.23. The summed E-state index contributed by atoms with van der Waals surface area (Å²) >= 11 is 0. The second-order valence-electron chi connectivity index (χ2n) is 5.74. The first-order valence-corrected chi connectivity index (χ1v) is 9.82. The highest BCUT2D eigenvalue weighted by molar-refractivity contribution is 8.03. The minimum Gasteiger partial charge on any atom is -0.359 e. The Balaban J connectivity index is 2.11. The largest absolute Gasteiger partial charge is 0.359 e. The van der Waals surface area contributed by atoms with Crippen molar-refractivity contribution in [2.45, 2.75) is 11.7 Å². The number of aliphatic hydroxyl groups excluding tert-OH is 2. The fourth-order valence-electron chi connectivity index (χ4n) is 2.85. The van der Waals surface area contributed by atoms with Crippen molar-refractivity contribution in [1.82, 2.24) is 0 Å². The second-order valence-corrected chi connectivity index (χ2v) is 8.90. The molecule has 0 saturated heterocycles. The Morgan fingerprint density at radius 3 is 1.29 bits per heavy atom. The lowest BCUT2D eigenvalue weighted by molar-refractivity contribution is 0.228. The molecule has 4 heteroatoms. The minimum atomic E-state index is -2.84. The zero-order valence-corrected chi connectivity index (χ0v) is 14.1. The fraction of sp³-hybridized carbons (Fsp3) is 0.100. The number of hydrogen-bond donors (Lipinski definition) is 2. The van der Waals surface area contributed by atoms with Crippen LogP contribution in [0.4, 0.5) is 0 Å². The van der Waals surface area contributed by atoms with Gasteiger partial charge in [-0.3, -0.25) is 7.57 Å². The van der Waals surface area contributed by atoms with Crippen LogP contribution in [0.25, 0.3) is 0 Å². The summed E-state index contributed by atoms with van der Waals surface area (Å²) < 4.78 is 0.